The van der Waals surface area contributed by atoms with Gasteiger partial charge in [-0.15, -0.1) is 0 Å². The number of amides is 3. The van der Waals surface area contributed by atoms with Crippen molar-refractivity contribution in [2.75, 3.05) is 25.1 Å². The molecule has 2 bridgehead atoms. The number of anilines is 1. The molecule has 0 saturated carbocycles. The van der Waals surface area contributed by atoms with Crippen molar-refractivity contribution < 1.29 is 29.0 Å². The summed E-state index contributed by atoms with van der Waals surface area (Å²) >= 11 is 0. The number of benzene rings is 1. The van der Waals surface area contributed by atoms with E-state index >= 15 is 0 Å². The lowest BCUT2D eigenvalue weighted by atomic mass is 9.66. The summed E-state index contributed by atoms with van der Waals surface area (Å²) in [7, 11) is 0. The Balaban J connectivity index is 1.59. The van der Waals surface area contributed by atoms with Crippen molar-refractivity contribution in [3.8, 4) is 5.75 Å². The molecule has 1 aromatic rings. The van der Waals surface area contributed by atoms with Crippen LogP contribution >= 0.6 is 0 Å². The molecule has 5 atom stereocenters. The molecule has 1 aromatic carbocycles. The van der Waals surface area contributed by atoms with Crippen molar-refractivity contribution in [3.63, 3.8) is 0 Å². The molecule has 2 unspecified atom stereocenters. The highest BCUT2D eigenvalue weighted by Crippen LogP contribution is 2.63. The van der Waals surface area contributed by atoms with Gasteiger partial charge in [0.15, 0.2) is 0 Å². The van der Waals surface area contributed by atoms with E-state index in [0.29, 0.717) is 43.9 Å². The van der Waals surface area contributed by atoms with Crippen molar-refractivity contribution in [3.05, 3.63) is 24.3 Å². The highest BCUT2D eigenvalue weighted by molar-refractivity contribution is 6.02. The van der Waals surface area contributed by atoms with E-state index in [1.54, 1.807) is 29.2 Å². The molecule has 37 heavy (non-hydrogen) atoms. The van der Waals surface area contributed by atoms with E-state index in [4.69, 9.17) is 14.6 Å². The summed E-state index contributed by atoms with van der Waals surface area (Å²) in [4.78, 5) is 42.8. The first kappa shape index (κ1) is 27.4. The number of hydrogen-bond donors (Lipinski definition) is 3. The fourth-order valence-electron chi connectivity index (χ4n) is 6.50. The van der Waals surface area contributed by atoms with Gasteiger partial charge in [-0.3, -0.25) is 14.4 Å². The number of unbranched alkanes of at least 4 members (excludes halogenated alkanes) is 3. The SMILES string of the molecule is CCOc1ccc(NC(=O)[C@H]2[C@H]3C(=O)N(CCCCCCO)C(C(=O)NC(C)C)C34CC[C@]2(C)O4)cc1. The van der Waals surface area contributed by atoms with Gasteiger partial charge in [0.25, 0.3) is 0 Å². The number of fused-ring (bicyclic) bond motifs is 1. The second-order valence-electron chi connectivity index (χ2n) is 11.0. The minimum absolute atomic E-state index is 0.0857. The van der Waals surface area contributed by atoms with Gasteiger partial charge >= 0.3 is 0 Å². The molecule has 3 N–H and O–H groups in total. The van der Waals surface area contributed by atoms with E-state index in [-0.39, 0.29) is 30.4 Å². The number of likely N-dealkylation sites (tertiary alicyclic amines) is 1. The number of aliphatic hydroxyl groups excluding tert-OH is 1. The average molecular weight is 516 g/mol. The highest BCUT2D eigenvalue weighted by Gasteiger charge is 2.77. The lowest BCUT2D eigenvalue weighted by Gasteiger charge is -2.34. The van der Waals surface area contributed by atoms with Gasteiger partial charge < -0.3 is 30.1 Å². The van der Waals surface area contributed by atoms with Crippen LogP contribution in [0.2, 0.25) is 0 Å². The molecule has 4 rings (SSSR count). The first-order valence-electron chi connectivity index (χ1n) is 13.6. The fourth-order valence-corrected chi connectivity index (χ4v) is 6.50. The third-order valence-electron chi connectivity index (χ3n) is 7.98. The molecule has 3 aliphatic rings. The second kappa shape index (κ2) is 11.0. The second-order valence-corrected chi connectivity index (χ2v) is 11.0. The van der Waals surface area contributed by atoms with Gasteiger partial charge in [-0.1, -0.05) is 12.8 Å². The van der Waals surface area contributed by atoms with Crippen molar-refractivity contribution in [2.45, 2.75) is 89.5 Å². The normalized spacial score (nSPS) is 30.1. The summed E-state index contributed by atoms with van der Waals surface area (Å²) in [6.07, 6.45) is 4.31. The number of carbonyl (C=O) groups is 3. The van der Waals surface area contributed by atoms with Crippen LogP contribution in [0.5, 0.6) is 5.75 Å². The average Bonchev–Trinajstić information content (AvgIpc) is 3.40. The highest BCUT2D eigenvalue weighted by atomic mass is 16.5. The molecule has 0 aliphatic carbocycles. The van der Waals surface area contributed by atoms with Gasteiger partial charge in [-0.25, -0.2) is 0 Å². The number of hydrogen-bond acceptors (Lipinski definition) is 6. The van der Waals surface area contributed by atoms with E-state index in [9.17, 15) is 14.4 Å². The van der Waals surface area contributed by atoms with Crippen LogP contribution in [-0.4, -0.2) is 70.8 Å². The van der Waals surface area contributed by atoms with Gasteiger partial charge in [-0.05, 0) is 77.6 Å². The maximum Gasteiger partial charge on any atom is 0.246 e. The molecule has 9 nitrogen and oxygen atoms in total. The molecule has 3 aliphatic heterocycles. The van der Waals surface area contributed by atoms with Gasteiger partial charge in [0, 0.05) is 24.9 Å². The molecule has 3 amide bonds. The molecule has 0 aromatic heterocycles. The summed E-state index contributed by atoms with van der Waals surface area (Å²) in [5.41, 5.74) is -1.22. The van der Waals surface area contributed by atoms with Crippen LogP contribution in [0.15, 0.2) is 24.3 Å². The topological polar surface area (TPSA) is 117 Å². The van der Waals surface area contributed by atoms with Crippen LogP contribution in [0.3, 0.4) is 0 Å². The van der Waals surface area contributed by atoms with Crippen molar-refractivity contribution in [1.29, 1.82) is 0 Å². The smallest absolute Gasteiger partial charge is 0.246 e. The Kier molecular flexibility index (Phi) is 8.14. The predicted octanol–water partition coefficient (Wildman–Crippen LogP) is 2.87. The van der Waals surface area contributed by atoms with Crippen LogP contribution in [0.1, 0.15) is 66.2 Å². The van der Waals surface area contributed by atoms with Gasteiger partial charge in [0.2, 0.25) is 17.7 Å². The quantitative estimate of drug-likeness (QED) is 0.369. The zero-order valence-electron chi connectivity index (χ0n) is 22.4. The van der Waals surface area contributed by atoms with E-state index in [1.165, 1.54) is 0 Å². The molecular weight excluding hydrogens is 474 g/mol. The van der Waals surface area contributed by atoms with E-state index < -0.39 is 29.1 Å². The Labute approximate surface area is 219 Å². The standard InChI is InChI=1S/C28H41N3O6/c1-5-36-20-12-10-19(11-13-20)30-24(33)21-22-26(35)31(16-8-6-7-9-17-32)23(25(34)29-18(2)3)28(22)15-14-27(21,4)37-28/h10-13,18,21-23,32H,5-9,14-17H2,1-4H3,(H,29,34)(H,30,33)/t21-,22+,23?,27+,28?/m1/s1. The molecule has 9 heteroatoms. The Morgan fingerprint density at radius 2 is 1.84 bits per heavy atom. The summed E-state index contributed by atoms with van der Waals surface area (Å²) in [5, 5.41) is 15.0. The number of nitrogens with zero attached hydrogens (tertiary/aromatic N) is 1. The van der Waals surface area contributed by atoms with Crippen molar-refractivity contribution in [2.24, 2.45) is 11.8 Å². The Bertz CT molecular complexity index is 998. The summed E-state index contributed by atoms with van der Waals surface area (Å²) in [6.45, 7) is 8.71. The number of carbonyl (C=O) groups excluding carboxylic acids is 3. The fraction of sp³-hybridized carbons (Fsp3) is 0.679. The largest absolute Gasteiger partial charge is 0.494 e. The molecule has 3 heterocycles. The molecule has 3 fully saturated rings. The molecule has 1 spiro atoms. The monoisotopic (exact) mass is 515 g/mol. The first-order chi connectivity index (χ1) is 17.7. The van der Waals surface area contributed by atoms with E-state index in [0.717, 1.165) is 19.3 Å². The van der Waals surface area contributed by atoms with Crippen molar-refractivity contribution >= 4 is 23.4 Å². The van der Waals surface area contributed by atoms with Crippen LogP contribution in [0.4, 0.5) is 5.69 Å². The van der Waals surface area contributed by atoms with Crippen LogP contribution in [-0.2, 0) is 19.1 Å². The molecular formula is C28H41N3O6. The predicted molar refractivity (Wildman–Crippen MR) is 139 cm³/mol. The Morgan fingerprint density at radius 1 is 1.14 bits per heavy atom. The van der Waals surface area contributed by atoms with Gasteiger partial charge in [-0.2, -0.15) is 0 Å². The maximum atomic E-state index is 13.9. The minimum Gasteiger partial charge on any atom is -0.494 e. The maximum absolute atomic E-state index is 13.9. The number of ether oxygens (including phenoxy) is 2. The zero-order chi connectivity index (χ0) is 26.8. The Morgan fingerprint density at radius 3 is 2.49 bits per heavy atom. The van der Waals surface area contributed by atoms with E-state index in [2.05, 4.69) is 10.6 Å². The number of nitrogens with one attached hydrogen (secondary N) is 2. The van der Waals surface area contributed by atoms with E-state index in [1.807, 2.05) is 27.7 Å². The van der Waals surface area contributed by atoms with Crippen LogP contribution < -0.4 is 15.4 Å². The number of aliphatic hydroxyl groups is 1. The molecule has 204 valence electrons. The van der Waals surface area contributed by atoms with Crippen molar-refractivity contribution in [1.82, 2.24) is 10.2 Å². The number of rotatable bonds is 12. The minimum atomic E-state index is -1.02. The van der Waals surface area contributed by atoms with Crippen LogP contribution in [0.25, 0.3) is 0 Å². The van der Waals surface area contributed by atoms with Gasteiger partial charge in [0.1, 0.15) is 17.4 Å². The van der Waals surface area contributed by atoms with Crippen LogP contribution in [0, 0.1) is 11.8 Å². The first-order valence-corrected chi connectivity index (χ1v) is 13.6. The lowest BCUT2D eigenvalue weighted by Crippen LogP contribution is -2.56. The van der Waals surface area contributed by atoms with Gasteiger partial charge in [0.05, 0.1) is 24.0 Å². The third-order valence-corrected chi connectivity index (χ3v) is 7.98. The summed E-state index contributed by atoms with van der Waals surface area (Å²) in [5.74, 6) is -1.36. The lowest BCUT2D eigenvalue weighted by molar-refractivity contribution is -0.145. The molecule has 0 radical (unpaired) electrons. The molecule has 3 saturated heterocycles. The zero-order valence-corrected chi connectivity index (χ0v) is 22.4. The summed E-state index contributed by atoms with van der Waals surface area (Å²) in [6, 6.07) is 6.30. The third kappa shape index (κ3) is 5.08. The Hall–Kier alpha value is -2.65. The summed E-state index contributed by atoms with van der Waals surface area (Å²) < 4.78 is 12.1.